The Morgan fingerprint density at radius 1 is 0.818 bits per heavy atom. The maximum Gasteiger partial charge on any atom is 0.203 e. The Hall–Kier alpha value is -2.95. The number of carbonyl (C=O) groups excluding carboxylic acids is 1. The summed E-state index contributed by atoms with van der Waals surface area (Å²) < 4.78 is 16.6. The Morgan fingerprint density at radius 3 is 1.52 bits per heavy atom. The van der Waals surface area contributed by atoms with E-state index in [0.29, 0.717) is 22.8 Å². The summed E-state index contributed by atoms with van der Waals surface area (Å²) in [7, 11) is 4.68. The van der Waals surface area contributed by atoms with Gasteiger partial charge in [-0.15, -0.1) is 0 Å². The van der Waals surface area contributed by atoms with E-state index in [0.717, 1.165) is 22.3 Å². The van der Waals surface area contributed by atoms with Crippen molar-refractivity contribution in [2.45, 2.75) is 65.2 Å². The predicted molar refractivity (Wildman–Crippen MR) is 133 cm³/mol. The molecule has 0 amide bonds. The van der Waals surface area contributed by atoms with Gasteiger partial charge in [-0.25, -0.2) is 0 Å². The molecule has 0 bridgehead atoms. The Balaban J connectivity index is 2.96. The van der Waals surface area contributed by atoms with Crippen LogP contribution in [0, 0.1) is 0 Å². The van der Waals surface area contributed by atoms with Gasteiger partial charge in [-0.3, -0.25) is 4.79 Å². The van der Waals surface area contributed by atoms with Gasteiger partial charge in [-0.05, 0) is 57.7 Å². The number of methoxy groups -OCH3 is 3. The molecule has 2 aromatic rings. The van der Waals surface area contributed by atoms with Gasteiger partial charge in [0.1, 0.15) is 5.75 Å². The fourth-order valence-electron chi connectivity index (χ4n) is 4.03. The van der Waals surface area contributed by atoms with Gasteiger partial charge < -0.3 is 19.3 Å². The lowest BCUT2D eigenvalue weighted by Gasteiger charge is -2.30. The van der Waals surface area contributed by atoms with Gasteiger partial charge in [0.2, 0.25) is 5.75 Å². The van der Waals surface area contributed by atoms with Gasteiger partial charge in [-0.2, -0.15) is 0 Å². The number of allylic oxidation sites excluding steroid dienone is 1. The summed E-state index contributed by atoms with van der Waals surface area (Å²) in [6.45, 7) is 18.0. The summed E-state index contributed by atoms with van der Waals surface area (Å²) >= 11 is 0. The number of benzene rings is 2. The van der Waals surface area contributed by atoms with E-state index < -0.39 is 5.92 Å². The lowest BCUT2D eigenvalue weighted by Crippen LogP contribution is -2.20. The number of aromatic hydroxyl groups is 1. The molecule has 0 saturated carbocycles. The number of rotatable bonds is 7. The second-order valence-electron chi connectivity index (χ2n) is 10.4. The van der Waals surface area contributed by atoms with Crippen LogP contribution in [0.1, 0.15) is 76.6 Å². The van der Waals surface area contributed by atoms with Crippen LogP contribution in [0.25, 0.3) is 0 Å². The van der Waals surface area contributed by atoms with Crippen LogP contribution in [0.5, 0.6) is 23.0 Å². The maximum atomic E-state index is 12.6. The minimum absolute atomic E-state index is 0.114. The molecule has 0 radical (unpaired) electrons. The van der Waals surface area contributed by atoms with Crippen LogP contribution in [0.2, 0.25) is 0 Å². The Labute approximate surface area is 198 Å². The van der Waals surface area contributed by atoms with Crippen molar-refractivity contribution in [3.05, 3.63) is 58.7 Å². The van der Waals surface area contributed by atoms with Gasteiger partial charge in [0.05, 0.1) is 21.3 Å². The highest BCUT2D eigenvalue weighted by Crippen LogP contribution is 2.46. The first-order chi connectivity index (χ1) is 15.2. The zero-order valence-corrected chi connectivity index (χ0v) is 21.7. The molecule has 0 aliphatic carbocycles. The summed E-state index contributed by atoms with van der Waals surface area (Å²) in [5.74, 6) is 1.19. The van der Waals surface area contributed by atoms with Crippen molar-refractivity contribution in [1.29, 1.82) is 0 Å². The molecule has 5 nitrogen and oxygen atoms in total. The summed E-state index contributed by atoms with van der Waals surface area (Å²) in [6.07, 6.45) is 0. The standard InChI is InChI=1S/C28H38O5/c1-16(17(2)29)24(19-14-22(31-9)26(33-11)23(15-19)32-10)18-12-20(27(3,4)5)25(30)21(13-18)28(6,7)8/h12-15,24,30H,1H2,2-11H3/t24-/m0/s1. The van der Waals surface area contributed by atoms with Crippen molar-refractivity contribution in [1.82, 2.24) is 0 Å². The normalized spacial score (nSPS) is 12.8. The van der Waals surface area contributed by atoms with E-state index in [9.17, 15) is 9.90 Å². The van der Waals surface area contributed by atoms with Crippen LogP contribution in [0.3, 0.4) is 0 Å². The molecule has 0 aromatic heterocycles. The number of Topliss-reactive ketones (excluding diaryl/α,β-unsaturated/α-hetero) is 1. The highest BCUT2D eigenvalue weighted by molar-refractivity contribution is 5.95. The summed E-state index contributed by atoms with van der Waals surface area (Å²) in [6, 6.07) is 7.65. The van der Waals surface area contributed by atoms with Gasteiger partial charge in [0, 0.05) is 5.92 Å². The van der Waals surface area contributed by atoms with Crippen LogP contribution in [-0.4, -0.2) is 32.2 Å². The highest BCUT2D eigenvalue weighted by Gasteiger charge is 2.31. The molecule has 1 atom stereocenters. The van der Waals surface area contributed by atoms with Gasteiger partial charge >= 0.3 is 0 Å². The number of ketones is 1. The smallest absolute Gasteiger partial charge is 0.203 e. The van der Waals surface area contributed by atoms with E-state index >= 15 is 0 Å². The summed E-state index contributed by atoms with van der Waals surface area (Å²) in [5.41, 5.74) is 3.12. The molecule has 0 heterocycles. The third-order valence-corrected chi connectivity index (χ3v) is 5.90. The highest BCUT2D eigenvalue weighted by atomic mass is 16.5. The Morgan fingerprint density at radius 2 is 1.21 bits per heavy atom. The second kappa shape index (κ2) is 9.50. The molecule has 5 heteroatoms. The summed E-state index contributed by atoms with van der Waals surface area (Å²) in [4.78, 5) is 12.6. The first-order valence-electron chi connectivity index (χ1n) is 11.0. The van der Waals surface area contributed by atoms with Crippen molar-refractivity contribution >= 4 is 5.78 Å². The van der Waals surface area contributed by atoms with E-state index in [-0.39, 0.29) is 22.4 Å². The first kappa shape index (κ1) is 26.3. The van der Waals surface area contributed by atoms with E-state index in [1.54, 1.807) is 21.3 Å². The van der Waals surface area contributed by atoms with Crippen molar-refractivity contribution in [2.24, 2.45) is 0 Å². The summed E-state index contributed by atoms with van der Waals surface area (Å²) in [5, 5.41) is 11.2. The number of phenolic OH excluding ortho intramolecular Hbond substituents is 1. The molecular formula is C28H38O5. The molecule has 0 aliphatic heterocycles. The number of phenols is 1. The molecule has 2 aromatic carbocycles. The minimum Gasteiger partial charge on any atom is -0.507 e. The number of carbonyl (C=O) groups is 1. The largest absolute Gasteiger partial charge is 0.507 e. The van der Waals surface area contributed by atoms with Gasteiger partial charge in [0.15, 0.2) is 17.3 Å². The Bertz CT molecular complexity index is 991. The molecule has 0 saturated heterocycles. The molecule has 2 rings (SSSR count). The first-order valence-corrected chi connectivity index (χ1v) is 11.0. The topological polar surface area (TPSA) is 65.0 Å². The monoisotopic (exact) mass is 454 g/mol. The molecular weight excluding hydrogens is 416 g/mol. The van der Waals surface area contributed by atoms with Gasteiger partial charge in [0.25, 0.3) is 0 Å². The van der Waals surface area contributed by atoms with E-state index in [1.807, 2.05) is 24.3 Å². The van der Waals surface area contributed by atoms with Crippen molar-refractivity contribution in [3.63, 3.8) is 0 Å². The third kappa shape index (κ3) is 5.35. The Kier molecular flexibility index (Phi) is 7.57. The van der Waals surface area contributed by atoms with Crippen LogP contribution in [0.15, 0.2) is 36.4 Å². The van der Waals surface area contributed by atoms with Crippen LogP contribution in [-0.2, 0) is 15.6 Å². The lowest BCUT2D eigenvalue weighted by atomic mass is 9.74. The molecule has 0 fully saturated rings. The number of hydrogen-bond acceptors (Lipinski definition) is 5. The predicted octanol–water partition coefficient (Wildman–Crippen LogP) is 6.29. The van der Waals surface area contributed by atoms with E-state index in [4.69, 9.17) is 14.2 Å². The van der Waals surface area contributed by atoms with Crippen molar-refractivity contribution < 1.29 is 24.1 Å². The van der Waals surface area contributed by atoms with E-state index in [2.05, 4.69) is 48.1 Å². The minimum atomic E-state index is -0.459. The fraction of sp³-hybridized carbons (Fsp3) is 0.464. The van der Waals surface area contributed by atoms with E-state index in [1.165, 1.54) is 6.92 Å². The lowest BCUT2D eigenvalue weighted by molar-refractivity contribution is -0.113. The SMILES string of the molecule is C=C(C(C)=O)[C@H](c1cc(OC)c(OC)c(OC)c1)c1cc(C(C)(C)C)c(O)c(C(C)(C)C)c1. The molecule has 0 unspecified atom stereocenters. The van der Waals surface area contributed by atoms with Crippen molar-refractivity contribution in [2.75, 3.05) is 21.3 Å². The van der Waals surface area contributed by atoms with Crippen molar-refractivity contribution in [3.8, 4) is 23.0 Å². The molecule has 0 spiro atoms. The van der Waals surface area contributed by atoms with Crippen LogP contribution < -0.4 is 14.2 Å². The van der Waals surface area contributed by atoms with Crippen LogP contribution >= 0.6 is 0 Å². The molecule has 180 valence electrons. The van der Waals surface area contributed by atoms with Crippen LogP contribution in [0.4, 0.5) is 0 Å². The zero-order chi connectivity index (χ0) is 25.3. The zero-order valence-electron chi connectivity index (χ0n) is 21.7. The second-order valence-corrected chi connectivity index (χ2v) is 10.4. The average Bonchev–Trinajstić information content (AvgIpc) is 2.71. The molecule has 0 aliphatic rings. The molecule has 1 N–H and O–H groups in total. The number of ether oxygens (including phenoxy) is 3. The number of hydrogen-bond donors (Lipinski definition) is 1. The molecule has 33 heavy (non-hydrogen) atoms. The van der Waals surface area contributed by atoms with Gasteiger partial charge in [-0.1, -0.05) is 60.3 Å². The average molecular weight is 455 g/mol. The fourth-order valence-corrected chi connectivity index (χ4v) is 4.03. The maximum absolute atomic E-state index is 12.6. The quantitative estimate of drug-likeness (QED) is 0.498. The third-order valence-electron chi connectivity index (χ3n) is 5.90.